The highest BCUT2D eigenvalue weighted by Gasteiger charge is 2.36. The molecule has 0 saturated carbocycles. The summed E-state index contributed by atoms with van der Waals surface area (Å²) in [5.41, 5.74) is -0.299. The number of aliphatic hydroxyl groups is 1. The van der Waals surface area contributed by atoms with E-state index in [2.05, 4.69) is 0 Å². The molecule has 1 amide bonds. The minimum absolute atomic E-state index is 0.123. The first-order chi connectivity index (χ1) is 8.90. The minimum Gasteiger partial charge on any atom is -0.390 e. The second-order valence-corrected chi connectivity index (χ2v) is 4.93. The average Bonchev–Trinajstić information content (AvgIpc) is 2.74. The average molecular weight is 270 g/mol. The number of halogens is 2. The van der Waals surface area contributed by atoms with E-state index in [1.165, 1.54) is 4.90 Å². The van der Waals surface area contributed by atoms with Crippen LogP contribution in [0.1, 0.15) is 10.4 Å². The molecule has 6 heteroatoms. The van der Waals surface area contributed by atoms with Gasteiger partial charge in [-0.15, -0.1) is 0 Å². The van der Waals surface area contributed by atoms with Gasteiger partial charge in [-0.3, -0.25) is 4.79 Å². The molecule has 19 heavy (non-hydrogen) atoms. The number of hydrogen-bond acceptors (Lipinski definition) is 3. The molecule has 0 aromatic heterocycles. The highest BCUT2D eigenvalue weighted by molar-refractivity contribution is 5.94. The topological polar surface area (TPSA) is 43.8 Å². The van der Waals surface area contributed by atoms with Crippen LogP contribution in [0.5, 0.6) is 0 Å². The summed E-state index contributed by atoms with van der Waals surface area (Å²) in [7, 11) is 3.59. The number of hydrogen-bond donors (Lipinski definition) is 1. The molecule has 1 N–H and O–H groups in total. The van der Waals surface area contributed by atoms with Crippen LogP contribution in [-0.4, -0.2) is 60.1 Å². The smallest absolute Gasteiger partial charge is 0.257 e. The molecule has 0 bridgehead atoms. The Bertz CT molecular complexity index is 494. The van der Waals surface area contributed by atoms with Gasteiger partial charge in [-0.1, -0.05) is 0 Å². The van der Waals surface area contributed by atoms with E-state index in [-0.39, 0.29) is 18.2 Å². The zero-order valence-corrected chi connectivity index (χ0v) is 10.8. The Labute approximate surface area is 110 Å². The number of carbonyl (C=O) groups excluding carboxylic acids is 1. The molecule has 0 spiro atoms. The monoisotopic (exact) mass is 270 g/mol. The van der Waals surface area contributed by atoms with Crippen molar-refractivity contribution in [2.45, 2.75) is 12.1 Å². The van der Waals surface area contributed by atoms with Crippen LogP contribution >= 0.6 is 0 Å². The summed E-state index contributed by atoms with van der Waals surface area (Å²) in [6, 6.07) is 2.58. The molecule has 104 valence electrons. The van der Waals surface area contributed by atoms with Crippen LogP contribution in [0.3, 0.4) is 0 Å². The summed E-state index contributed by atoms with van der Waals surface area (Å²) in [5.74, 6) is -2.01. The Kier molecular flexibility index (Phi) is 3.82. The van der Waals surface area contributed by atoms with Crippen molar-refractivity contribution in [3.05, 3.63) is 35.4 Å². The van der Waals surface area contributed by atoms with E-state index < -0.39 is 23.6 Å². The maximum atomic E-state index is 13.5. The van der Waals surface area contributed by atoms with E-state index in [1.54, 1.807) is 19.0 Å². The normalized spacial score (nSPS) is 23.2. The molecule has 0 aliphatic carbocycles. The number of likely N-dealkylation sites (N-methyl/N-ethyl adjacent to an activating group) is 1. The zero-order valence-electron chi connectivity index (χ0n) is 10.8. The minimum atomic E-state index is -0.755. The highest BCUT2D eigenvalue weighted by atomic mass is 19.1. The summed E-state index contributed by atoms with van der Waals surface area (Å²) in [6.07, 6.45) is -0.685. The lowest BCUT2D eigenvalue weighted by atomic mass is 10.2. The van der Waals surface area contributed by atoms with Crippen molar-refractivity contribution in [2.24, 2.45) is 0 Å². The molecule has 1 saturated heterocycles. The van der Waals surface area contributed by atoms with Gasteiger partial charge in [0.1, 0.15) is 11.6 Å². The fraction of sp³-hybridized carbons (Fsp3) is 0.462. The molecule has 4 nitrogen and oxygen atoms in total. The van der Waals surface area contributed by atoms with Gasteiger partial charge in [0.15, 0.2) is 0 Å². The fourth-order valence-electron chi connectivity index (χ4n) is 2.27. The molecular formula is C13H16F2N2O2. The highest BCUT2D eigenvalue weighted by Crippen LogP contribution is 2.19. The van der Waals surface area contributed by atoms with Crippen molar-refractivity contribution in [1.29, 1.82) is 0 Å². The molecule has 1 aromatic carbocycles. The first-order valence-electron chi connectivity index (χ1n) is 5.99. The van der Waals surface area contributed by atoms with Gasteiger partial charge in [0.2, 0.25) is 0 Å². The number of benzene rings is 1. The number of nitrogens with zero attached hydrogens (tertiary/aromatic N) is 2. The van der Waals surface area contributed by atoms with Crippen molar-refractivity contribution >= 4 is 5.91 Å². The number of amides is 1. The van der Waals surface area contributed by atoms with Gasteiger partial charge < -0.3 is 14.9 Å². The number of β-amino-alcohol motifs (C(OH)–C–C–N with tert-alkyl or cyclic N) is 1. The van der Waals surface area contributed by atoms with Crippen molar-refractivity contribution in [3.63, 3.8) is 0 Å². The Morgan fingerprint density at radius 2 is 2.05 bits per heavy atom. The quantitative estimate of drug-likeness (QED) is 0.861. The van der Waals surface area contributed by atoms with Crippen LogP contribution in [-0.2, 0) is 0 Å². The SMILES string of the molecule is CN(C)[C@@H]1CN(C(=O)c2cc(F)ccc2F)C[C@H]1O. The van der Waals surface area contributed by atoms with Gasteiger partial charge in [-0.25, -0.2) is 8.78 Å². The van der Waals surface area contributed by atoms with Gasteiger partial charge in [-0.2, -0.15) is 0 Å². The Balaban J connectivity index is 2.19. The largest absolute Gasteiger partial charge is 0.390 e. The lowest BCUT2D eigenvalue weighted by Crippen LogP contribution is -2.38. The first-order valence-corrected chi connectivity index (χ1v) is 5.99. The van der Waals surface area contributed by atoms with Gasteiger partial charge in [0, 0.05) is 13.1 Å². The Morgan fingerprint density at radius 3 is 2.63 bits per heavy atom. The van der Waals surface area contributed by atoms with Crippen LogP contribution in [0.2, 0.25) is 0 Å². The van der Waals surface area contributed by atoms with Gasteiger partial charge >= 0.3 is 0 Å². The second kappa shape index (κ2) is 5.22. The van der Waals surface area contributed by atoms with E-state index in [1.807, 2.05) is 0 Å². The zero-order chi connectivity index (χ0) is 14.2. The Hall–Kier alpha value is -1.53. The van der Waals surface area contributed by atoms with E-state index >= 15 is 0 Å². The Morgan fingerprint density at radius 1 is 1.37 bits per heavy atom. The maximum Gasteiger partial charge on any atom is 0.257 e. The van der Waals surface area contributed by atoms with Gasteiger partial charge in [0.05, 0.1) is 17.7 Å². The van der Waals surface area contributed by atoms with Crippen LogP contribution in [0, 0.1) is 11.6 Å². The van der Waals surface area contributed by atoms with Gasteiger partial charge in [-0.05, 0) is 32.3 Å². The predicted molar refractivity (Wildman–Crippen MR) is 65.7 cm³/mol. The van der Waals surface area contributed by atoms with E-state index in [4.69, 9.17) is 0 Å². The number of likely N-dealkylation sites (tertiary alicyclic amines) is 1. The lowest BCUT2D eigenvalue weighted by Gasteiger charge is -2.21. The summed E-state index contributed by atoms with van der Waals surface area (Å²) >= 11 is 0. The van der Waals surface area contributed by atoms with Crippen LogP contribution in [0.15, 0.2) is 18.2 Å². The predicted octanol–water partition coefficient (Wildman–Crippen LogP) is 0.712. The van der Waals surface area contributed by atoms with Crippen molar-refractivity contribution < 1.29 is 18.7 Å². The molecular weight excluding hydrogens is 254 g/mol. The standard InChI is InChI=1S/C13H16F2N2O2/c1-16(2)11-6-17(7-12(11)18)13(19)9-5-8(14)3-4-10(9)15/h3-5,11-12,18H,6-7H2,1-2H3/t11-,12-/m1/s1. The molecule has 1 aromatic rings. The summed E-state index contributed by atoms with van der Waals surface area (Å²) in [5, 5.41) is 9.85. The maximum absolute atomic E-state index is 13.5. The molecule has 2 rings (SSSR count). The first kappa shape index (κ1) is 13.9. The summed E-state index contributed by atoms with van der Waals surface area (Å²) < 4.78 is 26.6. The van der Waals surface area contributed by atoms with E-state index in [0.29, 0.717) is 6.54 Å². The van der Waals surface area contributed by atoms with Crippen LogP contribution in [0.4, 0.5) is 8.78 Å². The summed E-state index contributed by atoms with van der Waals surface area (Å²) in [4.78, 5) is 15.3. The van der Waals surface area contributed by atoms with E-state index in [0.717, 1.165) is 18.2 Å². The van der Waals surface area contributed by atoms with Crippen LogP contribution < -0.4 is 0 Å². The second-order valence-electron chi connectivity index (χ2n) is 4.93. The number of carbonyl (C=O) groups is 1. The third-order valence-electron chi connectivity index (χ3n) is 3.37. The van der Waals surface area contributed by atoms with Crippen molar-refractivity contribution in [1.82, 2.24) is 9.80 Å². The summed E-state index contributed by atoms with van der Waals surface area (Å²) in [6.45, 7) is 0.417. The van der Waals surface area contributed by atoms with Crippen molar-refractivity contribution in [2.75, 3.05) is 27.2 Å². The van der Waals surface area contributed by atoms with Crippen molar-refractivity contribution in [3.8, 4) is 0 Å². The van der Waals surface area contributed by atoms with Crippen LogP contribution in [0.25, 0.3) is 0 Å². The molecule has 1 aliphatic heterocycles. The molecule has 0 radical (unpaired) electrons. The molecule has 1 aliphatic rings. The number of aliphatic hydroxyl groups excluding tert-OH is 1. The molecule has 1 heterocycles. The molecule has 1 fully saturated rings. The lowest BCUT2D eigenvalue weighted by molar-refractivity contribution is 0.0759. The van der Waals surface area contributed by atoms with Gasteiger partial charge in [0.25, 0.3) is 5.91 Å². The fourth-order valence-corrected chi connectivity index (χ4v) is 2.27. The molecule has 2 atom stereocenters. The number of rotatable bonds is 2. The third kappa shape index (κ3) is 2.74. The third-order valence-corrected chi connectivity index (χ3v) is 3.37. The van der Waals surface area contributed by atoms with E-state index in [9.17, 15) is 18.7 Å². The molecule has 0 unspecified atom stereocenters.